The highest BCUT2D eigenvalue weighted by molar-refractivity contribution is 7.11. The molecule has 0 spiro atoms. The lowest BCUT2D eigenvalue weighted by atomic mass is 10.1. The van der Waals surface area contributed by atoms with Crippen LogP contribution in [0.1, 0.15) is 26.2 Å². The maximum Gasteiger partial charge on any atom is 0.253 e. The minimum absolute atomic E-state index is 0.216. The van der Waals surface area contributed by atoms with E-state index in [9.17, 15) is 9.18 Å². The summed E-state index contributed by atoms with van der Waals surface area (Å²) >= 11 is 3.14. The van der Waals surface area contributed by atoms with Crippen molar-refractivity contribution < 1.29 is 9.18 Å². The summed E-state index contributed by atoms with van der Waals surface area (Å²) in [6.07, 6.45) is 2.44. The second-order valence-corrected chi connectivity index (χ2v) is 6.29. The van der Waals surface area contributed by atoms with Crippen LogP contribution in [0.25, 0.3) is 0 Å². The second kappa shape index (κ2) is 6.15. The van der Waals surface area contributed by atoms with Crippen LogP contribution in [0.3, 0.4) is 0 Å². The van der Waals surface area contributed by atoms with E-state index in [4.69, 9.17) is 0 Å². The summed E-state index contributed by atoms with van der Waals surface area (Å²) in [5.41, 5.74) is 0.216. The van der Waals surface area contributed by atoms with E-state index < -0.39 is 5.82 Å². The number of aromatic nitrogens is 1. The predicted molar refractivity (Wildman–Crippen MR) is 82.1 cm³/mol. The van der Waals surface area contributed by atoms with Crippen LogP contribution in [-0.4, -0.2) is 10.9 Å². The third-order valence-corrected chi connectivity index (χ3v) is 4.77. The first-order valence-corrected chi connectivity index (χ1v) is 7.98. The van der Waals surface area contributed by atoms with E-state index in [0.717, 1.165) is 16.0 Å². The molecule has 1 N–H and O–H groups in total. The van der Waals surface area contributed by atoms with Gasteiger partial charge in [0.2, 0.25) is 0 Å². The standard InChI is InChI=1S/C15H11FN2OS2/c16-11-7-10(8-17-9-11)15(19)18-14(12-3-1-5-20-12)13-4-2-6-21-13/h1-9,14H,(H,18,19). The molecule has 0 atom stereocenters. The number of halogens is 1. The molecule has 1 amide bonds. The fourth-order valence-electron chi connectivity index (χ4n) is 1.94. The van der Waals surface area contributed by atoms with Gasteiger partial charge in [0.15, 0.2) is 0 Å². The molecule has 0 aliphatic rings. The van der Waals surface area contributed by atoms with Crippen molar-refractivity contribution in [2.45, 2.75) is 6.04 Å². The minimum atomic E-state index is -0.522. The third-order valence-electron chi connectivity index (χ3n) is 2.90. The number of hydrogen-bond donors (Lipinski definition) is 1. The average Bonchev–Trinajstić information content (AvgIpc) is 3.18. The van der Waals surface area contributed by atoms with Crippen molar-refractivity contribution in [2.75, 3.05) is 0 Å². The lowest BCUT2D eigenvalue weighted by Crippen LogP contribution is -2.28. The molecule has 0 saturated heterocycles. The van der Waals surface area contributed by atoms with E-state index in [1.165, 1.54) is 12.3 Å². The summed E-state index contributed by atoms with van der Waals surface area (Å²) in [4.78, 5) is 18.1. The molecule has 3 aromatic rings. The fraction of sp³-hybridized carbons (Fsp3) is 0.0667. The summed E-state index contributed by atoms with van der Waals surface area (Å²) < 4.78 is 13.2. The van der Waals surface area contributed by atoms with Gasteiger partial charge in [0.25, 0.3) is 5.91 Å². The molecule has 0 aliphatic carbocycles. The molecule has 3 rings (SSSR count). The van der Waals surface area contributed by atoms with Crippen LogP contribution in [0.15, 0.2) is 53.5 Å². The molecule has 0 unspecified atom stereocenters. The normalized spacial score (nSPS) is 10.8. The molecule has 106 valence electrons. The smallest absolute Gasteiger partial charge is 0.253 e. The Hall–Kier alpha value is -2.05. The molecule has 0 fully saturated rings. The van der Waals surface area contributed by atoms with Crippen molar-refractivity contribution in [3.63, 3.8) is 0 Å². The van der Waals surface area contributed by atoms with Crippen molar-refractivity contribution in [3.05, 3.63) is 74.6 Å². The molecule has 3 aromatic heterocycles. The fourth-order valence-corrected chi connectivity index (χ4v) is 3.61. The Balaban J connectivity index is 1.87. The Bertz CT molecular complexity index is 692. The van der Waals surface area contributed by atoms with E-state index in [1.54, 1.807) is 22.7 Å². The number of carbonyl (C=O) groups is 1. The lowest BCUT2D eigenvalue weighted by Gasteiger charge is -2.16. The highest BCUT2D eigenvalue weighted by Gasteiger charge is 2.20. The molecule has 21 heavy (non-hydrogen) atoms. The van der Waals surface area contributed by atoms with E-state index in [2.05, 4.69) is 10.3 Å². The summed E-state index contributed by atoms with van der Waals surface area (Å²) in [6.45, 7) is 0. The topological polar surface area (TPSA) is 42.0 Å². The first kappa shape index (κ1) is 13.9. The molecule has 0 aromatic carbocycles. The van der Waals surface area contributed by atoms with Gasteiger partial charge >= 0.3 is 0 Å². The maximum absolute atomic E-state index is 13.2. The SMILES string of the molecule is O=C(NC(c1cccs1)c1cccs1)c1cncc(F)c1. The van der Waals surface area contributed by atoms with Crippen LogP contribution in [0.4, 0.5) is 4.39 Å². The van der Waals surface area contributed by atoms with Gasteiger partial charge in [-0.2, -0.15) is 0 Å². The number of nitrogens with zero attached hydrogens (tertiary/aromatic N) is 1. The number of amides is 1. The zero-order valence-electron chi connectivity index (χ0n) is 10.8. The molecular formula is C15H11FN2OS2. The Morgan fingerprint density at radius 3 is 2.33 bits per heavy atom. The largest absolute Gasteiger partial charge is 0.339 e. The highest BCUT2D eigenvalue weighted by atomic mass is 32.1. The molecule has 3 nitrogen and oxygen atoms in total. The summed E-state index contributed by atoms with van der Waals surface area (Å²) in [5, 5.41) is 6.87. The van der Waals surface area contributed by atoms with Crippen molar-refractivity contribution in [1.29, 1.82) is 0 Å². The van der Waals surface area contributed by atoms with Gasteiger partial charge in [0, 0.05) is 16.0 Å². The van der Waals surface area contributed by atoms with Gasteiger partial charge in [-0.05, 0) is 29.0 Å². The van der Waals surface area contributed by atoms with Crippen LogP contribution in [0, 0.1) is 5.82 Å². The van der Waals surface area contributed by atoms with Crippen molar-refractivity contribution >= 4 is 28.6 Å². The quantitative estimate of drug-likeness (QED) is 0.793. The molecule has 0 bridgehead atoms. The number of nitrogens with one attached hydrogen (secondary N) is 1. The van der Waals surface area contributed by atoms with Crippen LogP contribution < -0.4 is 5.32 Å². The van der Waals surface area contributed by atoms with Crippen molar-refractivity contribution in [2.24, 2.45) is 0 Å². The van der Waals surface area contributed by atoms with E-state index in [-0.39, 0.29) is 17.5 Å². The van der Waals surface area contributed by atoms with E-state index >= 15 is 0 Å². The Labute approximate surface area is 129 Å². The number of rotatable bonds is 4. The first-order valence-electron chi connectivity index (χ1n) is 6.22. The van der Waals surface area contributed by atoms with Gasteiger partial charge in [-0.1, -0.05) is 12.1 Å². The molecule has 0 radical (unpaired) electrons. The molecule has 3 heterocycles. The first-order chi connectivity index (χ1) is 10.2. The van der Waals surface area contributed by atoms with Crippen molar-refractivity contribution in [3.8, 4) is 0 Å². The van der Waals surface area contributed by atoms with Gasteiger partial charge in [0.05, 0.1) is 17.8 Å². The summed E-state index contributed by atoms with van der Waals surface area (Å²) in [5.74, 6) is -0.861. The monoisotopic (exact) mass is 318 g/mol. The van der Waals surface area contributed by atoms with Gasteiger partial charge < -0.3 is 5.32 Å². The zero-order valence-corrected chi connectivity index (χ0v) is 12.5. The van der Waals surface area contributed by atoms with Crippen molar-refractivity contribution in [1.82, 2.24) is 10.3 Å². The van der Waals surface area contributed by atoms with Gasteiger partial charge in [-0.25, -0.2) is 4.39 Å². The maximum atomic E-state index is 13.2. The molecule has 0 aliphatic heterocycles. The van der Waals surface area contributed by atoms with Crippen LogP contribution in [-0.2, 0) is 0 Å². The van der Waals surface area contributed by atoms with Gasteiger partial charge in [-0.15, -0.1) is 22.7 Å². The average molecular weight is 318 g/mol. The molecular weight excluding hydrogens is 307 g/mol. The number of thiophene rings is 2. The number of hydrogen-bond acceptors (Lipinski definition) is 4. The number of carbonyl (C=O) groups excluding carboxylic acids is 1. The number of pyridine rings is 1. The molecule has 6 heteroatoms. The van der Waals surface area contributed by atoms with E-state index in [0.29, 0.717) is 0 Å². The van der Waals surface area contributed by atoms with Crippen LogP contribution >= 0.6 is 22.7 Å². The summed E-state index contributed by atoms with van der Waals surface area (Å²) in [6, 6.07) is 8.79. The Morgan fingerprint density at radius 2 is 1.81 bits per heavy atom. The summed E-state index contributed by atoms with van der Waals surface area (Å²) in [7, 11) is 0. The molecule has 0 saturated carbocycles. The second-order valence-electron chi connectivity index (χ2n) is 4.33. The Kier molecular flexibility index (Phi) is 4.08. The third kappa shape index (κ3) is 3.17. The predicted octanol–water partition coefficient (Wildman–Crippen LogP) is 3.86. The minimum Gasteiger partial charge on any atom is -0.339 e. The van der Waals surface area contributed by atoms with Crippen LogP contribution in [0.5, 0.6) is 0 Å². The zero-order chi connectivity index (χ0) is 14.7. The Morgan fingerprint density at radius 1 is 1.14 bits per heavy atom. The highest BCUT2D eigenvalue weighted by Crippen LogP contribution is 2.29. The van der Waals surface area contributed by atoms with E-state index in [1.807, 2.05) is 35.0 Å². The van der Waals surface area contributed by atoms with Gasteiger partial charge in [0.1, 0.15) is 5.82 Å². The van der Waals surface area contributed by atoms with Crippen LogP contribution in [0.2, 0.25) is 0 Å². The van der Waals surface area contributed by atoms with Gasteiger partial charge in [-0.3, -0.25) is 9.78 Å². The lowest BCUT2D eigenvalue weighted by molar-refractivity contribution is 0.0943.